The molecule has 1 aliphatic rings. The van der Waals surface area contributed by atoms with Gasteiger partial charge in [0, 0.05) is 46.3 Å². The van der Waals surface area contributed by atoms with E-state index in [9.17, 15) is 9.59 Å². The average molecular weight is 567 g/mol. The number of carbonyl (C=O) groups is 2. The molecule has 5 aromatic carbocycles. The fourth-order valence-corrected chi connectivity index (χ4v) is 5.64. The molecule has 7 nitrogen and oxygen atoms in total. The topological polar surface area (TPSA) is 108 Å². The van der Waals surface area contributed by atoms with Gasteiger partial charge in [-0.05, 0) is 75.6 Å². The van der Waals surface area contributed by atoms with E-state index in [4.69, 9.17) is 26.6 Å². The van der Waals surface area contributed by atoms with Crippen LogP contribution in [-0.2, 0) is 0 Å². The number of aliphatic hydroxyl groups excluding tert-OH is 2. The van der Waals surface area contributed by atoms with Crippen LogP contribution in [0.5, 0.6) is 11.5 Å². The summed E-state index contributed by atoms with van der Waals surface area (Å²) in [5, 5.41) is 27.9. The molecule has 0 spiro atoms. The van der Waals surface area contributed by atoms with Crippen LogP contribution in [0.15, 0.2) is 84.9 Å². The van der Waals surface area contributed by atoms with E-state index in [-0.39, 0.29) is 44.0 Å². The number of rotatable bonds is 7. The van der Waals surface area contributed by atoms with Crippen molar-refractivity contribution in [1.82, 2.24) is 10.6 Å². The zero-order valence-electron chi connectivity index (χ0n) is 22.0. The number of benzene rings is 5. The van der Waals surface area contributed by atoms with Gasteiger partial charge in [0.2, 0.25) is 0 Å². The number of aliphatic hydroxyl groups is 2. The number of amides is 2. The van der Waals surface area contributed by atoms with Crippen LogP contribution in [0, 0.1) is 0 Å². The largest absolute Gasteiger partial charge is 0.457 e. The molecule has 206 valence electrons. The summed E-state index contributed by atoms with van der Waals surface area (Å²) in [6.45, 7) is 0.106. The fraction of sp³-hybridized carbons (Fsp3) is 0.152. The summed E-state index contributed by atoms with van der Waals surface area (Å²) in [5.74, 6) is 0.726. The SMILES string of the molecule is O=C(NCCO)c1ccc2c3c(ccc2c1)Oc1ccc2cc(C(=O)NCCO)ccc2c1C3c1ccc(Cl)cc1. The van der Waals surface area contributed by atoms with E-state index in [1.54, 1.807) is 12.1 Å². The van der Waals surface area contributed by atoms with Crippen molar-refractivity contribution in [3.05, 3.63) is 118 Å². The zero-order chi connectivity index (χ0) is 28.5. The van der Waals surface area contributed by atoms with Crippen LogP contribution < -0.4 is 15.4 Å². The Morgan fingerprint density at radius 2 is 1.17 bits per heavy atom. The highest BCUT2D eigenvalue weighted by atomic mass is 35.5. The van der Waals surface area contributed by atoms with Crippen LogP contribution >= 0.6 is 11.6 Å². The van der Waals surface area contributed by atoms with Gasteiger partial charge in [-0.25, -0.2) is 0 Å². The van der Waals surface area contributed by atoms with Gasteiger partial charge in [0.15, 0.2) is 0 Å². The molecular weight excluding hydrogens is 540 g/mol. The van der Waals surface area contributed by atoms with Crippen molar-refractivity contribution in [3.63, 3.8) is 0 Å². The first-order chi connectivity index (χ1) is 20.0. The molecule has 2 amide bonds. The van der Waals surface area contributed by atoms with Crippen LogP contribution in [0.2, 0.25) is 5.02 Å². The minimum Gasteiger partial charge on any atom is -0.457 e. The lowest BCUT2D eigenvalue weighted by atomic mass is 9.78. The number of ether oxygens (including phenoxy) is 1. The third-order valence-electron chi connectivity index (χ3n) is 7.36. The van der Waals surface area contributed by atoms with E-state index < -0.39 is 0 Å². The van der Waals surface area contributed by atoms with Crippen molar-refractivity contribution in [2.75, 3.05) is 26.3 Å². The summed E-state index contributed by atoms with van der Waals surface area (Å²) in [7, 11) is 0. The van der Waals surface area contributed by atoms with Crippen LogP contribution in [0.1, 0.15) is 43.3 Å². The Bertz CT molecular complexity index is 1690. The normalized spacial score (nSPS) is 12.5. The van der Waals surface area contributed by atoms with Crippen molar-refractivity contribution in [3.8, 4) is 11.5 Å². The quantitative estimate of drug-likeness (QED) is 0.208. The van der Waals surface area contributed by atoms with Crippen LogP contribution in [0.4, 0.5) is 0 Å². The zero-order valence-corrected chi connectivity index (χ0v) is 22.7. The lowest BCUT2D eigenvalue weighted by Crippen LogP contribution is -2.26. The van der Waals surface area contributed by atoms with Crippen LogP contribution in [-0.4, -0.2) is 48.3 Å². The molecule has 0 unspecified atom stereocenters. The van der Waals surface area contributed by atoms with Gasteiger partial charge in [-0.1, -0.05) is 48.0 Å². The van der Waals surface area contributed by atoms with Gasteiger partial charge in [0.1, 0.15) is 11.5 Å². The Hall–Kier alpha value is -4.43. The third kappa shape index (κ3) is 5.00. The molecule has 0 saturated heterocycles. The van der Waals surface area contributed by atoms with E-state index in [0.717, 1.165) is 49.7 Å². The summed E-state index contributed by atoms with van der Waals surface area (Å²) in [4.78, 5) is 25.2. The highest BCUT2D eigenvalue weighted by molar-refractivity contribution is 6.30. The van der Waals surface area contributed by atoms with Crippen molar-refractivity contribution in [1.29, 1.82) is 0 Å². The molecule has 1 heterocycles. The summed E-state index contributed by atoms with van der Waals surface area (Å²) in [6, 6.07) is 26.6. The fourth-order valence-electron chi connectivity index (χ4n) is 5.52. The number of nitrogens with one attached hydrogen (secondary N) is 2. The first-order valence-corrected chi connectivity index (χ1v) is 13.7. The predicted octanol–water partition coefficient (Wildman–Crippen LogP) is 5.38. The van der Waals surface area contributed by atoms with Crippen LogP contribution in [0.25, 0.3) is 21.5 Å². The second kappa shape index (κ2) is 11.2. The van der Waals surface area contributed by atoms with Gasteiger partial charge in [-0.3, -0.25) is 9.59 Å². The van der Waals surface area contributed by atoms with Gasteiger partial charge in [-0.2, -0.15) is 0 Å². The first-order valence-electron chi connectivity index (χ1n) is 13.3. The molecule has 0 saturated carbocycles. The maximum absolute atomic E-state index is 12.6. The maximum atomic E-state index is 12.6. The highest BCUT2D eigenvalue weighted by Gasteiger charge is 2.32. The number of hydrogen-bond donors (Lipinski definition) is 4. The lowest BCUT2D eigenvalue weighted by molar-refractivity contribution is 0.0937. The van der Waals surface area contributed by atoms with E-state index in [0.29, 0.717) is 16.1 Å². The smallest absolute Gasteiger partial charge is 0.251 e. The van der Waals surface area contributed by atoms with Crippen molar-refractivity contribution < 1.29 is 24.5 Å². The Kier molecular flexibility index (Phi) is 7.32. The van der Waals surface area contributed by atoms with E-state index in [1.165, 1.54) is 0 Å². The maximum Gasteiger partial charge on any atom is 0.251 e. The minimum atomic E-state index is -0.251. The van der Waals surface area contributed by atoms with Gasteiger partial charge in [0.25, 0.3) is 11.8 Å². The number of carbonyl (C=O) groups excluding carboxylic acids is 2. The number of halogens is 1. The van der Waals surface area contributed by atoms with Gasteiger partial charge < -0.3 is 25.6 Å². The lowest BCUT2D eigenvalue weighted by Gasteiger charge is -2.31. The van der Waals surface area contributed by atoms with Crippen molar-refractivity contribution in [2.24, 2.45) is 0 Å². The Morgan fingerprint density at radius 3 is 1.63 bits per heavy atom. The summed E-state index contributed by atoms with van der Waals surface area (Å²) in [5.41, 5.74) is 3.97. The number of fused-ring (bicyclic) bond motifs is 6. The number of hydrogen-bond acceptors (Lipinski definition) is 5. The second-order valence-corrected chi connectivity index (χ2v) is 10.3. The summed E-state index contributed by atoms with van der Waals surface area (Å²) < 4.78 is 6.49. The predicted molar refractivity (Wildman–Crippen MR) is 159 cm³/mol. The molecule has 5 aromatic rings. The molecule has 0 atom stereocenters. The van der Waals surface area contributed by atoms with Gasteiger partial charge in [0.05, 0.1) is 13.2 Å². The van der Waals surface area contributed by atoms with E-state index in [2.05, 4.69) is 10.6 Å². The van der Waals surface area contributed by atoms with Crippen molar-refractivity contribution in [2.45, 2.75) is 5.92 Å². The molecule has 41 heavy (non-hydrogen) atoms. The van der Waals surface area contributed by atoms with E-state index >= 15 is 0 Å². The molecule has 0 aliphatic carbocycles. The summed E-state index contributed by atoms with van der Waals surface area (Å²) >= 11 is 6.28. The minimum absolute atomic E-state index is 0.130. The van der Waals surface area contributed by atoms with Crippen molar-refractivity contribution >= 4 is 45.0 Å². The molecule has 0 radical (unpaired) electrons. The van der Waals surface area contributed by atoms with Gasteiger partial charge >= 0.3 is 0 Å². The molecule has 0 aromatic heterocycles. The molecule has 0 bridgehead atoms. The Balaban J connectivity index is 1.54. The summed E-state index contributed by atoms with van der Waals surface area (Å²) in [6.07, 6.45) is 0. The monoisotopic (exact) mass is 566 g/mol. The highest BCUT2D eigenvalue weighted by Crippen LogP contribution is 2.52. The second-order valence-electron chi connectivity index (χ2n) is 9.87. The third-order valence-corrected chi connectivity index (χ3v) is 7.61. The Morgan fingerprint density at radius 1 is 0.683 bits per heavy atom. The molecule has 1 aliphatic heterocycles. The van der Waals surface area contributed by atoms with Crippen LogP contribution in [0.3, 0.4) is 0 Å². The molecule has 0 fully saturated rings. The standard InChI is InChI=1S/C33H27ClN2O5/c34-24-7-1-19(2-8-24)29-30-25-9-3-22(32(39)35-13-15-37)17-20(25)5-11-27(30)41-28-12-6-21-18-23(33(40)36-14-16-38)4-10-26(21)31(28)29/h1-12,17-18,29,37-38H,13-16H2,(H,35,39)(H,36,40). The molecule has 8 heteroatoms. The van der Waals surface area contributed by atoms with Gasteiger partial charge in [-0.15, -0.1) is 0 Å². The molecular formula is C33H27ClN2O5. The molecule has 6 rings (SSSR count). The van der Waals surface area contributed by atoms with E-state index in [1.807, 2.05) is 72.8 Å². The average Bonchev–Trinajstić information content (AvgIpc) is 3.01. The Labute approximate surface area is 241 Å². The first kappa shape index (κ1) is 26.8. The molecule has 4 N–H and O–H groups in total.